The molecule has 4 nitrogen and oxygen atoms in total. The molecular formula is C11H14N4. The molecule has 0 bridgehead atoms. The van der Waals surface area contributed by atoms with Gasteiger partial charge in [-0.05, 0) is 12.1 Å². The van der Waals surface area contributed by atoms with Crippen LogP contribution >= 0.6 is 0 Å². The van der Waals surface area contributed by atoms with Gasteiger partial charge in [0.25, 0.3) is 0 Å². The lowest BCUT2D eigenvalue weighted by molar-refractivity contribution is 0.496. The Morgan fingerprint density at radius 2 is 2.07 bits per heavy atom. The molecule has 0 unspecified atom stereocenters. The van der Waals surface area contributed by atoms with Gasteiger partial charge in [-0.2, -0.15) is 0 Å². The highest BCUT2D eigenvalue weighted by Gasteiger charge is 2.03. The van der Waals surface area contributed by atoms with Crippen molar-refractivity contribution in [3.05, 3.63) is 30.5 Å². The van der Waals surface area contributed by atoms with Crippen LogP contribution < -0.4 is 11.2 Å². The van der Waals surface area contributed by atoms with Crippen molar-refractivity contribution < 1.29 is 0 Å². The van der Waals surface area contributed by atoms with Crippen LogP contribution in [0.4, 0.5) is 11.4 Å². The van der Waals surface area contributed by atoms with Gasteiger partial charge in [-0.25, -0.2) is 5.01 Å². The second-order valence-corrected chi connectivity index (χ2v) is 3.61. The molecule has 1 aromatic carbocycles. The van der Waals surface area contributed by atoms with Gasteiger partial charge in [0.05, 0.1) is 16.9 Å². The second-order valence-electron chi connectivity index (χ2n) is 3.61. The highest BCUT2D eigenvalue weighted by molar-refractivity contribution is 5.97. The smallest absolute Gasteiger partial charge is 0.0952 e. The molecule has 1 aromatic heterocycles. The van der Waals surface area contributed by atoms with Crippen LogP contribution in [0.25, 0.3) is 10.9 Å². The molecular weight excluding hydrogens is 188 g/mol. The minimum absolute atomic E-state index is 0.704. The molecule has 78 valence electrons. The third kappa shape index (κ3) is 1.85. The van der Waals surface area contributed by atoms with E-state index >= 15 is 0 Å². The summed E-state index contributed by atoms with van der Waals surface area (Å²) in [5.74, 6) is 0. The maximum Gasteiger partial charge on any atom is 0.0952 e. The fourth-order valence-corrected chi connectivity index (χ4v) is 1.54. The number of hydrazine groups is 1. The Hall–Kier alpha value is -1.81. The molecule has 0 aliphatic rings. The van der Waals surface area contributed by atoms with E-state index in [1.165, 1.54) is 0 Å². The monoisotopic (exact) mass is 202 g/mol. The number of para-hydroxylation sites is 1. The SMILES string of the molecule is CN(C)Nc1ccnc2c(N)cccc12. The Balaban J connectivity index is 2.61. The number of pyridine rings is 1. The van der Waals surface area contributed by atoms with Crippen LogP contribution in [0.15, 0.2) is 30.5 Å². The Morgan fingerprint density at radius 1 is 1.27 bits per heavy atom. The molecule has 0 radical (unpaired) electrons. The summed E-state index contributed by atoms with van der Waals surface area (Å²) in [5.41, 5.74) is 11.6. The van der Waals surface area contributed by atoms with Crippen molar-refractivity contribution in [1.29, 1.82) is 0 Å². The number of nitrogens with two attached hydrogens (primary N) is 1. The Labute approximate surface area is 88.7 Å². The average molecular weight is 202 g/mol. The molecule has 0 fully saturated rings. The quantitative estimate of drug-likeness (QED) is 0.575. The van der Waals surface area contributed by atoms with E-state index in [0.29, 0.717) is 5.69 Å². The lowest BCUT2D eigenvalue weighted by Gasteiger charge is -2.15. The molecule has 0 amide bonds. The van der Waals surface area contributed by atoms with Gasteiger partial charge >= 0.3 is 0 Å². The molecule has 0 saturated heterocycles. The van der Waals surface area contributed by atoms with Crippen molar-refractivity contribution in [2.45, 2.75) is 0 Å². The number of nitrogens with zero attached hydrogens (tertiary/aromatic N) is 2. The van der Waals surface area contributed by atoms with E-state index < -0.39 is 0 Å². The standard InChI is InChI=1S/C11H14N4/c1-15(2)14-10-6-7-13-11-8(10)4-3-5-9(11)12/h3-7H,12H2,1-2H3,(H,13,14). The molecule has 1 heterocycles. The molecule has 0 aliphatic carbocycles. The second kappa shape index (κ2) is 3.74. The van der Waals surface area contributed by atoms with Crippen molar-refractivity contribution in [3.63, 3.8) is 0 Å². The summed E-state index contributed by atoms with van der Waals surface area (Å²) in [5, 5.41) is 2.92. The first kappa shape index (κ1) is 9.73. The van der Waals surface area contributed by atoms with E-state index in [1.807, 2.05) is 43.4 Å². The zero-order chi connectivity index (χ0) is 10.8. The van der Waals surface area contributed by atoms with Crippen LogP contribution in [0.1, 0.15) is 0 Å². The van der Waals surface area contributed by atoms with E-state index in [2.05, 4.69) is 10.4 Å². The van der Waals surface area contributed by atoms with Gasteiger partial charge in [-0.15, -0.1) is 0 Å². The van der Waals surface area contributed by atoms with Gasteiger partial charge in [-0.1, -0.05) is 12.1 Å². The minimum atomic E-state index is 0.704. The van der Waals surface area contributed by atoms with E-state index in [0.717, 1.165) is 16.6 Å². The number of nitrogens with one attached hydrogen (secondary N) is 1. The van der Waals surface area contributed by atoms with Gasteiger partial charge in [0.2, 0.25) is 0 Å². The average Bonchev–Trinajstić information content (AvgIpc) is 2.19. The number of anilines is 2. The van der Waals surface area contributed by atoms with Crippen LogP contribution in [-0.4, -0.2) is 24.1 Å². The van der Waals surface area contributed by atoms with Crippen LogP contribution in [-0.2, 0) is 0 Å². The number of hydrogen-bond acceptors (Lipinski definition) is 4. The van der Waals surface area contributed by atoms with Crippen LogP contribution in [0, 0.1) is 0 Å². The number of benzene rings is 1. The highest BCUT2D eigenvalue weighted by atomic mass is 15.5. The normalized spacial score (nSPS) is 10.9. The third-order valence-electron chi connectivity index (χ3n) is 2.15. The van der Waals surface area contributed by atoms with Gasteiger partial charge in [0.1, 0.15) is 0 Å². The number of rotatable bonds is 2. The summed E-state index contributed by atoms with van der Waals surface area (Å²) in [6, 6.07) is 7.72. The van der Waals surface area contributed by atoms with Gasteiger partial charge < -0.3 is 11.2 Å². The number of aromatic nitrogens is 1. The summed E-state index contributed by atoms with van der Waals surface area (Å²) < 4.78 is 0. The molecule has 2 aromatic rings. The summed E-state index contributed by atoms with van der Waals surface area (Å²) in [4.78, 5) is 4.27. The lowest BCUT2D eigenvalue weighted by Crippen LogP contribution is -2.19. The third-order valence-corrected chi connectivity index (χ3v) is 2.15. The van der Waals surface area contributed by atoms with Gasteiger partial charge in [-0.3, -0.25) is 4.98 Å². The van der Waals surface area contributed by atoms with Crippen LogP contribution in [0.3, 0.4) is 0 Å². The topological polar surface area (TPSA) is 54.2 Å². The minimum Gasteiger partial charge on any atom is -0.397 e. The Bertz CT molecular complexity index is 479. The molecule has 0 spiro atoms. The molecule has 4 heteroatoms. The fraction of sp³-hybridized carbons (Fsp3) is 0.182. The van der Waals surface area contributed by atoms with Crippen LogP contribution in [0.2, 0.25) is 0 Å². The molecule has 0 atom stereocenters. The zero-order valence-electron chi connectivity index (χ0n) is 8.86. The maximum absolute atomic E-state index is 5.85. The predicted octanol–water partition coefficient (Wildman–Crippen LogP) is 1.71. The van der Waals surface area contributed by atoms with E-state index in [-0.39, 0.29) is 0 Å². The summed E-state index contributed by atoms with van der Waals surface area (Å²) in [6.07, 6.45) is 1.75. The van der Waals surface area contributed by atoms with E-state index in [4.69, 9.17) is 5.73 Å². The van der Waals surface area contributed by atoms with Crippen molar-refractivity contribution in [1.82, 2.24) is 9.99 Å². The first-order chi connectivity index (χ1) is 7.18. The maximum atomic E-state index is 5.85. The number of nitrogen functional groups attached to an aromatic ring is 1. The molecule has 3 N–H and O–H groups in total. The summed E-state index contributed by atoms with van der Waals surface area (Å²) >= 11 is 0. The largest absolute Gasteiger partial charge is 0.397 e. The highest BCUT2D eigenvalue weighted by Crippen LogP contribution is 2.25. The van der Waals surface area contributed by atoms with Crippen molar-refractivity contribution in [3.8, 4) is 0 Å². The lowest BCUT2D eigenvalue weighted by atomic mass is 10.1. The first-order valence-corrected chi connectivity index (χ1v) is 4.75. The van der Waals surface area contributed by atoms with Crippen molar-refractivity contribution in [2.75, 3.05) is 25.3 Å². The van der Waals surface area contributed by atoms with Gasteiger partial charge in [0.15, 0.2) is 0 Å². The van der Waals surface area contributed by atoms with Crippen LogP contribution in [0.5, 0.6) is 0 Å². The number of hydrogen-bond donors (Lipinski definition) is 2. The first-order valence-electron chi connectivity index (χ1n) is 4.75. The summed E-state index contributed by atoms with van der Waals surface area (Å²) in [6.45, 7) is 0. The van der Waals surface area contributed by atoms with Crippen molar-refractivity contribution in [2.24, 2.45) is 0 Å². The Morgan fingerprint density at radius 3 is 2.80 bits per heavy atom. The molecule has 0 saturated carbocycles. The number of fused-ring (bicyclic) bond motifs is 1. The molecule has 15 heavy (non-hydrogen) atoms. The molecule has 2 rings (SSSR count). The fourth-order valence-electron chi connectivity index (χ4n) is 1.54. The molecule has 0 aliphatic heterocycles. The Kier molecular flexibility index (Phi) is 2.43. The van der Waals surface area contributed by atoms with E-state index in [9.17, 15) is 0 Å². The van der Waals surface area contributed by atoms with Gasteiger partial charge in [0, 0.05) is 25.7 Å². The summed E-state index contributed by atoms with van der Waals surface area (Å²) in [7, 11) is 3.89. The predicted molar refractivity (Wildman–Crippen MR) is 63.5 cm³/mol. The van der Waals surface area contributed by atoms with E-state index in [1.54, 1.807) is 6.20 Å². The van der Waals surface area contributed by atoms with Crippen molar-refractivity contribution >= 4 is 22.3 Å². The zero-order valence-corrected chi connectivity index (χ0v) is 8.86.